The molecule has 1 saturated heterocycles. The Morgan fingerprint density at radius 2 is 1.89 bits per heavy atom. The predicted octanol–water partition coefficient (Wildman–Crippen LogP) is 1.90. The summed E-state index contributed by atoms with van der Waals surface area (Å²) < 4.78 is 3.51. The smallest absolute Gasteiger partial charge is 0.268 e. The van der Waals surface area contributed by atoms with Crippen LogP contribution >= 0.6 is 0 Å². The second kappa shape index (κ2) is 7.09. The first-order valence-corrected chi connectivity index (χ1v) is 9.78. The van der Waals surface area contributed by atoms with Crippen LogP contribution in [0.2, 0.25) is 0 Å². The van der Waals surface area contributed by atoms with Gasteiger partial charge in [-0.1, -0.05) is 20.8 Å². The van der Waals surface area contributed by atoms with E-state index in [1.807, 2.05) is 22.8 Å². The molecule has 0 amide bonds. The maximum absolute atomic E-state index is 11.5. The Hall–Kier alpha value is -2.61. The summed E-state index contributed by atoms with van der Waals surface area (Å²) in [6, 6.07) is 4.04. The van der Waals surface area contributed by atoms with Crippen LogP contribution in [0.15, 0.2) is 29.3 Å². The van der Waals surface area contributed by atoms with Crippen molar-refractivity contribution in [3.63, 3.8) is 0 Å². The molecule has 148 valence electrons. The summed E-state index contributed by atoms with van der Waals surface area (Å²) in [5.41, 5.74) is 2.68. The number of rotatable bonds is 3. The molecule has 8 heteroatoms. The molecular formula is C20H27N7O. The molecule has 0 aliphatic carbocycles. The number of hydrogen-bond acceptors (Lipinski definition) is 6. The molecule has 0 aromatic carbocycles. The Bertz CT molecular complexity index is 1040. The highest BCUT2D eigenvalue weighted by atomic mass is 16.1. The lowest BCUT2D eigenvalue weighted by atomic mass is 9.92. The highest BCUT2D eigenvalue weighted by Gasteiger charge is 2.26. The lowest BCUT2D eigenvalue weighted by Crippen LogP contribution is -2.34. The van der Waals surface area contributed by atoms with Crippen molar-refractivity contribution in [2.45, 2.75) is 51.5 Å². The van der Waals surface area contributed by atoms with Crippen LogP contribution in [0.25, 0.3) is 5.65 Å². The molecule has 0 bridgehead atoms. The zero-order valence-corrected chi connectivity index (χ0v) is 17.0. The topological polar surface area (TPSA) is 81.2 Å². The largest absolute Gasteiger partial charge is 0.315 e. The van der Waals surface area contributed by atoms with E-state index in [1.165, 1.54) is 6.20 Å². The molecule has 0 unspecified atom stereocenters. The molecule has 0 saturated carbocycles. The highest BCUT2D eigenvalue weighted by Crippen LogP contribution is 2.28. The van der Waals surface area contributed by atoms with Gasteiger partial charge in [-0.05, 0) is 38.1 Å². The van der Waals surface area contributed by atoms with Crippen LogP contribution in [0.4, 0.5) is 0 Å². The fraction of sp³-hybridized carbons (Fsp3) is 0.550. The number of fused-ring (bicyclic) bond motifs is 1. The summed E-state index contributed by atoms with van der Waals surface area (Å²) in [5, 5.41) is 13.6. The Morgan fingerprint density at radius 1 is 1.14 bits per heavy atom. The number of hydrogen-bond donors (Lipinski definition) is 0. The normalized spacial score (nSPS) is 16.7. The van der Waals surface area contributed by atoms with Crippen molar-refractivity contribution in [1.29, 1.82) is 0 Å². The maximum Gasteiger partial charge on any atom is 0.268 e. The first kappa shape index (κ1) is 18.7. The SMILES string of the molecule is Cn1cc(CN2CCC(c3nnc4ccc(C(C)(C)C)nn34)CC2)ncc1=O. The molecule has 0 spiro atoms. The van der Waals surface area contributed by atoms with Crippen molar-refractivity contribution in [1.82, 2.24) is 34.3 Å². The van der Waals surface area contributed by atoms with E-state index in [-0.39, 0.29) is 11.0 Å². The van der Waals surface area contributed by atoms with E-state index in [2.05, 4.69) is 40.9 Å². The third kappa shape index (κ3) is 3.69. The standard InChI is InChI=1S/C20H27N7O/c1-20(2,3)16-5-6-17-22-23-19(27(17)24-16)14-7-9-26(10-8-14)13-15-12-25(4)18(28)11-21-15/h5-6,11-12,14H,7-10,13H2,1-4H3. The molecular weight excluding hydrogens is 354 g/mol. The van der Waals surface area contributed by atoms with Crippen LogP contribution in [-0.4, -0.2) is 47.4 Å². The Morgan fingerprint density at radius 3 is 2.57 bits per heavy atom. The van der Waals surface area contributed by atoms with E-state index in [4.69, 9.17) is 5.10 Å². The van der Waals surface area contributed by atoms with Gasteiger partial charge >= 0.3 is 0 Å². The van der Waals surface area contributed by atoms with Crippen molar-refractivity contribution >= 4 is 5.65 Å². The second-order valence-corrected chi connectivity index (χ2v) is 8.67. The van der Waals surface area contributed by atoms with Crippen LogP contribution in [0.1, 0.15) is 56.7 Å². The minimum Gasteiger partial charge on any atom is -0.315 e. The van der Waals surface area contributed by atoms with Gasteiger partial charge in [0.2, 0.25) is 0 Å². The molecule has 0 atom stereocenters. The van der Waals surface area contributed by atoms with E-state index in [9.17, 15) is 4.79 Å². The lowest BCUT2D eigenvalue weighted by molar-refractivity contribution is 0.198. The van der Waals surface area contributed by atoms with Gasteiger partial charge < -0.3 is 4.57 Å². The summed E-state index contributed by atoms with van der Waals surface area (Å²) in [5.74, 6) is 1.31. The van der Waals surface area contributed by atoms with Crippen LogP contribution in [0.3, 0.4) is 0 Å². The van der Waals surface area contributed by atoms with Crippen molar-refractivity contribution in [3.05, 3.63) is 52.1 Å². The number of likely N-dealkylation sites (tertiary alicyclic amines) is 1. The van der Waals surface area contributed by atoms with Crippen LogP contribution in [0, 0.1) is 0 Å². The Balaban J connectivity index is 1.47. The summed E-state index contributed by atoms with van der Waals surface area (Å²) >= 11 is 0. The van der Waals surface area contributed by atoms with Crippen molar-refractivity contribution in [2.24, 2.45) is 7.05 Å². The summed E-state index contributed by atoms with van der Waals surface area (Å²) in [6.07, 6.45) is 5.23. The van der Waals surface area contributed by atoms with Crippen molar-refractivity contribution < 1.29 is 0 Å². The molecule has 0 N–H and O–H groups in total. The van der Waals surface area contributed by atoms with Gasteiger partial charge in [0.15, 0.2) is 11.5 Å². The molecule has 1 aliphatic rings. The molecule has 1 fully saturated rings. The average molecular weight is 381 g/mol. The minimum absolute atomic E-state index is 0.0120. The van der Waals surface area contributed by atoms with E-state index in [0.29, 0.717) is 5.92 Å². The summed E-state index contributed by atoms with van der Waals surface area (Å²) in [4.78, 5) is 18.1. The van der Waals surface area contributed by atoms with E-state index in [0.717, 1.165) is 55.3 Å². The molecule has 1 aliphatic heterocycles. The van der Waals surface area contributed by atoms with E-state index in [1.54, 1.807) is 11.6 Å². The summed E-state index contributed by atoms with van der Waals surface area (Å²) in [7, 11) is 1.76. The number of nitrogens with zero attached hydrogens (tertiary/aromatic N) is 7. The maximum atomic E-state index is 11.5. The fourth-order valence-electron chi connectivity index (χ4n) is 3.67. The van der Waals surface area contributed by atoms with Crippen molar-refractivity contribution in [2.75, 3.05) is 13.1 Å². The lowest BCUT2D eigenvalue weighted by Gasteiger charge is -2.30. The quantitative estimate of drug-likeness (QED) is 0.689. The van der Waals surface area contributed by atoms with Gasteiger partial charge in [0, 0.05) is 31.1 Å². The van der Waals surface area contributed by atoms with Gasteiger partial charge in [0.1, 0.15) is 0 Å². The first-order chi connectivity index (χ1) is 13.3. The number of aryl methyl sites for hydroxylation is 1. The van der Waals surface area contributed by atoms with Crippen LogP contribution < -0.4 is 5.56 Å². The van der Waals surface area contributed by atoms with Gasteiger partial charge in [0.25, 0.3) is 5.56 Å². The number of piperidine rings is 1. The van der Waals surface area contributed by atoms with Crippen LogP contribution in [-0.2, 0) is 19.0 Å². The van der Waals surface area contributed by atoms with Gasteiger partial charge in [-0.3, -0.25) is 14.7 Å². The van der Waals surface area contributed by atoms with Gasteiger partial charge in [-0.25, -0.2) is 0 Å². The molecule has 0 radical (unpaired) electrons. The zero-order chi connectivity index (χ0) is 19.9. The van der Waals surface area contributed by atoms with Gasteiger partial charge in [-0.15, -0.1) is 10.2 Å². The third-order valence-corrected chi connectivity index (χ3v) is 5.42. The predicted molar refractivity (Wildman–Crippen MR) is 106 cm³/mol. The monoisotopic (exact) mass is 381 g/mol. The molecule has 3 aromatic heterocycles. The van der Waals surface area contributed by atoms with Gasteiger partial charge in [-0.2, -0.15) is 9.61 Å². The van der Waals surface area contributed by atoms with Crippen LogP contribution in [0.5, 0.6) is 0 Å². The van der Waals surface area contributed by atoms with E-state index >= 15 is 0 Å². The highest BCUT2D eigenvalue weighted by molar-refractivity contribution is 5.37. The zero-order valence-electron chi connectivity index (χ0n) is 17.0. The molecule has 4 rings (SSSR count). The minimum atomic E-state index is -0.0803. The molecule has 4 heterocycles. The van der Waals surface area contributed by atoms with E-state index < -0.39 is 0 Å². The van der Waals surface area contributed by atoms with Crippen molar-refractivity contribution in [3.8, 4) is 0 Å². The number of aromatic nitrogens is 6. The molecule has 28 heavy (non-hydrogen) atoms. The second-order valence-electron chi connectivity index (χ2n) is 8.67. The van der Waals surface area contributed by atoms with Gasteiger partial charge in [0.05, 0.1) is 17.6 Å². The Kier molecular flexibility index (Phi) is 4.74. The first-order valence-electron chi connectivity index (χ1n) is 9.78. The average Bonchev–Trinajstić information content (AvgIpc) is 3.08. The fourth-order valence-corrected chi connectivity index (χ4v) is 3.67. The molecule has 3 aromatic rings. The Labute approximate surface area is 164 Å². The molecule has 8 nitrogen and oxygen atoms in total. The summed E-state index contributed by atoms with van der Waals surface area (Å²) in [6.45, 7) is 9.17. The third-order valence-electron chi connectivity index (χ3n) is 5.42.